The predicted octanol–water partition coefficient (Wildman–Crippen LogP) is 3.62. The van der Waals surface area contributed by atoms with Gasteiger partial charge in [0.05, 0.1) is 12.6 Å². The van der Waals surface area contributed by atoms with Gasteiger partial charge in [-0.2, -0.15) is 0 Å². The van der Waals surface area contributed by atoms with Gasteiger partial charge in [0.15, 0.2) is 11.5 Å². The van der Waals surface area contributed by atoms with Crippen LogP contribution in [0.5, 0.6) is 11.5 Å². The number of pyridine rings is 1. The molecule has 6 heteroatoms. The highest BCUT2D eigenvalue weighted by molar-refractivity contribution is 5.96. The Balaban J connectivity index is 1.47. The van der Waals surface area contributed by atoms with Crippen molar-refractivity contribution < 1.29 is 14.3 Å². The number of aryl methyl sites for hydroxylation is 1. The van der Waals surface area contributed by atoms with Crippen molar-refractivity contribution in [3.8, 4) is 11.5 Å². The smallest absolute Gasteiger partial charge is 0.163 e. The first kappa shape index (κ1) is 18.0. The summed E-state index contributed by atoms with van der Waals surface area (Å²) in [5.74, 6) is 2.32. The van der Waals surface area contributed by atoms with Gasteiger partial charge in [-0.3, -0.25) is 9.82 Å². The van der Waals surface area contributed by atoms with Crippen LogP contribution >= 0.6 is 0 Å². The van der Waals surface area contributed by atoms with Crippen molar-refractivity contribution in [3.05, 3.63) is 23.4 Å². The molecule has 0 bridgehead atoms. The fourth-order valence-corrected chi connectivity index (χ4v) is 4.25. The van der Waals surface area contributed by atoms with Crippen molar-refractivity contribution >= 4 is 16.6 Å². The third kappa shape index (κ3) is 3.63. The number of fused-ring (bicyclic) bond motifs is 2. The second-order valence-electron chi connectivity index (χ2n) is 8.20. The minimum Gasteiger partial charge on any atom is -0.493 e. The summed E-state index contributed by atoms with van der Waals surface area (Å²) >= 11 is 0. The van der Waals surface area contributed by atoms with Gasteiger partial charge in [0.25, 0.3) is 0 Å². The maximum atomic E-state index is 6.09. The van der Waals surface area contributed by atoms with Crippen molar-refractivity contribution in [2.45, 2.75) is 51.0 Å². The molecule has 2 fully saturated rings. The van der Waals surface area contributed by atoms with E-state index in [2.05, 4.69) is 16.9 Å². The Morgan fingerprint density at radius 1 is 1.18 bits per heavy atom. The molecule has 6 nitrogen and oxygen atoms in total. The number of hydroxylamine groups is 1. The third-order valence-corrected chi connectivity index (χ3v) is 6.04. The molecular weight excluding hydrogens is 354 g/mol. The van der Waals surface area contributed by atoms with Gasteiger partial charge in [0, 0.05) is 35.9 Å². The van der Waals surface area contributed by atoms with Crippen LogP contribution in [0.1, 0.15) is 43.4 Å². The Kier molecular flexibility index (Phi) is 4.99. The maximum Gasteiger partial charge on any atom is 0.163 e. The number of anilines is 1. The number of ether oxygens (including phenoxy) is 2. The number of methoxy groups -OCH3 is 1. The first-order chi connectivity index (χ1) is 13.8. The molecule has 0 radical (unpaired) electrons. The van der Waals surface area contributed by atoms with Gasteiger partial charge in [0.1, 0.15) is 12.7 Å². The molecule has 1 aliphatic heterocycles. The van der Waals surface area contributed by atoms with E-state index in [1.165, 1.54) is 36.2 Å². The largest absolute Gasteiger partial charge is 0.493 e. The van der Waals surface area contributed by atoms with Gasteiger partial charge >= 0.3 is 0 Å². The predicted molar refractivity (Wildman–Crippen MR) is 109 cm³/mol. The van der Waals surface area contributed by atoms with Crippen LogP contribution in [-0.4, -0.2) is 37.9 Å². The molecule has 0 amide bonds. The van der Waals surface area contributed by atoms with E-state index in [-0.39, 0.29) is 6.10 Å². The van der Waals surface area contributed by atoms with E-state index in [0.29, 0.717) is 6.61 Å². The standard InChI is InChI=1S/C22H29N3O3/c1-26-20-10-17-19(11-21(20)27-13-15-4-3-9-24-28-15)25-18-6-2-5-16(18)22(17)23-12-14-7-8-14/h10-11,14-15,24H,2-9,12-13H2,1H3,(H,23,25). The van der Waals surface area contributed by atoms with Crippen molar-refractivity contribution in [1.82, 2.24) is 10.5 Å². The Labute approximate surface area is 165 Å². The van der Waals surface area contributed by atoms with Crippen molar-refractivity contribution in [1.29, 1.82) is 0 Å². The van der Waals surface area contributed by atoms with Gasteiger partial charge in [-0.15, -0.1) is 0 Å². The average Bonchev–Trinajstić information content (AvgIpc) is 3.45. The summed E-state index contributed by atoms with van der Waals surface area (Å²) in [6, 6.07) is 4.12. The minimum absolute atomic E-state index is 0.0675. The van der Waals surface area contributed by atoms with Crippen LogP contribution in [0.4, 0.5) is 5.69 Å². The number of aromatic nitrogens is 1. The lowest BCUT2D eigenvalue weighted by Crippen LogP contribution is -2.34. The Morgan fingerprint density at radius 2 is 2.11 bits per heavy atom. The molecule has 150 valence electrons. The summed E-state index contributed by atoms with van der Waals surface area (Å²) in [5, 5.41) is 4.88. The highest BCUT2D eigenvalue weighted by Crippen LogP contribution is 2.40. The molecule has 1 saturated heterocycles. The number of hydrogen-bond donors (Lipinski definition) is 2. The fourth-order valence-electron chi connectivity index (χ4n) is 4.25. The topological polar surface area (TPSA) is 64.6 Å². The van der Waals surface area contributed by atoms with Crippen LogP contribution in [0.15, 0.2) is 12.1 Å². The molecule has 28 heavy (non-hydrogen) atoms. The fraction of sp³-hybridized carbons (Fsp3) is 0.591. The van der Waals surface area contributed by atoms with Crippen LogP contribution in [0, 0.1) is 5.92 Å². The number of nitrogens with one attached hydrogen (secondary N) is 2. The molecule has 2 aromatic rings. The molecule has 2 N–H and O–H groups in total. The van der Waals surface area contributed by atoms with Crippen LogP contribution < -0.4 is 20.3 Å². The summed E-state index contributed by atoms with van der Waals surface area (Å²) in [7, 11) is 1.70. The van der Waals surface area contributed by atoms with Gasteiger partial charge in [-0.1, -0.05) is 0 Å². The van der Waals surface area contributed by atoms with Crippen LogP contribution in [-0.2, 0) is 17.7 Å². The number of rotatable bonds is 7. The Bertz CT molecular complexity index is 860. The van der Waals surface area contributed by atoms with E-state index in [1.807, 2.05) is 6.07 Å². The molecule has 2 heterocycles. The first-order valence-electron chi connectivity index (χ1n) is 10.6. The molecule has 1 atom stereocenters. The molecule has 3 aliphatic rings. The molecule has 1 saturated carbocycles. The van der Waals surface area contributed by atoms with E-state index in [1.54, 1.807) is 7.11 Å². The van der Waals surface area contributed by atoms with E-state index >= 15 is 0 Å². The highest BCUT2D eigenvalue weighted by Gasteiger charge is 2.25. The van der Waals surface area contributed by atoms with E-state index < -0.39 is 0 Å². The van der Waals surface area contributed by atoms with Crippen LogP contribution in [0.25, 0.3) is 10.9 Å². The lowest BCUT2D eigenvalue weighted by atomic mass is 10.1. The van der Waals surface area contributed by atoms with Crippen molar-refractivity contribution in [2.75, 3.05) is 32.1 Å². The van der Waals surface area contributed by atoms with Gasteiger partial charge < -0.3 is 14.8 Å². The molecule has 1 aromatic carbocycles. The van der Waals surface area contributed by atoms with E-state index in [9.17, 15) is 0 Å². The van der Waals surface area contributed by atoms with Crippen LogP contribution in [0.3, 0.4) is 0 Å². The SMILES string of the molecule is COc1cc2c(NCC3CC3)c3c(nc2cc1OCC1CCCNO1)CCC3. The zero-order valence-electron chi connectivity index (χ0n) is 16.6. The highest BCUT2D eigenvalue weighted by atomic mass is 16.7. The molecule has 1 aromatic heterocycles. The van der Waals surface area contributed by atoms with Crippen LogP contribution in [0.2, 0.25) is 0 Å². The maximum absolute atomic E-state index is 6.09. The van der Waals surface area contributed by atoms with Gasteiger partial charge in [0.2, 0.25) is 0 Å². The summed E-state index contributed by atoms with van der Waals surface area (Å²) in [6.45, 7) is 2.46. The normalized spacial score (nSPS) is 21.5. The second kappa shape index (κ2) is 7.76. The lowest BCUT2D eigenvalue weighted by molar-refractivity contribution is -0.0730. The van der Waals surface area contributed by atoms with Crippen molar-refractivity contribution in [3.63, 3.8) is 0 Å². The summed E-state index contributed by atoms with van der Waals surface area (Å²) < 4.78 is 11.8. The molecule has 0 spiro atoms. The second-order valence-corrected chi connectivity index (χ2v) is 8.20. The number of nitrogens with zero attached hydrogens (tertiary/aromatic N) is 1. The Morgan fingerprint density at radius 3 is 2.89 bits per heavy atom. The monoisotopic (exact) mass is 383 g/mol. The molecule has 5 rings (SSSR count). The third-order valence-electron chi connectivity index (χ3n) is 6.04. The van der Waals surface area contributed by atoms with Gasteiger partial charge in [-0.25, -0.2) is 5.48 Å². The van der Waals surface area contributed by atoms with Crippen molar-refractivity contribution in [2.24, 2.45) is 5.92 Å². The summed E-state index contributed by atoms with van der Waals surface area (Å²) in [4.78, 5) is 10.5. The molecular formula is C22H29N3O3. The molecule has 1 unspecified atom stereocenters. The van der Waals surface area contributed by atoms with Gasteiger partial charge in [-0.05, 0) is 62.5 Å². The lowest BCUT2D eigenvalue weighted by Gasteiger charge is -2.23. The molecule has 2 aliphatic carbocycles. The minimum atomic E-state index is 0.0675. The zero-order valence-corrected chi connectivity index (χ0v) is 16.6. The Hall–Kier alpha value is -2.05. The summed E-state index contributed by atoms with van der Waals surface area (Å²) in [5.41, 5.74) is 7.84. The number of benzene rings is 1. The first-order valence-corrected chi connectivity index (χ1v) is 10.6. The summed E-state index contributed by atoms with van der Waals surface area (Å²) in [6.07, 6.45) is 8.22. The van der Waals surface area contributed by atoms with E-state index in [0.717, 1.165) is 67.1 Å². The van der Waals surface area contributed by atoms with E-state index in [4.69, 9.17) is 19.3 Å². The average molecular weight is 383 g/mol. The quantitative estimate of drug-likeness (QED) is 0.761. The number of hydrogen-bond acceptors (Lipinski definition) is 6. The zero-order chi connectivity index (χ0) is 18.9.